The molecule has 5 heteroatoms. The second kappa shape index (κ2) is 6.06. The van der Waals surface area contributed by atoms with E-state index in [1.165, 1.54) is 0 Å². The molecule has 0 fully saturated rings. The van der Waals surface area contributed by atoms with Crippen LogP contribution in [0.2, 0.25) is 0 Å². The molecule has 0 aliphatic carbocycles. The van der Waals surface area contributed by atoms with Gasteiger partial charge in [-0.3, -0.25) is 10.9 Å². The molecule has 1 aromatic carbocycles. The van der Waals surface area contributed by atoms with Gasteiger partial charge in [0.2, 0.25) is 0 Å². The summed E-state index contributed by atoms with van der Waals surface area (Å²) in [5.74, 6) is 0.178. The van der Waals surface area contributed by atoms with Crippen LogP contribution >= 0.6 is 0 Å². The lowest BCUT2D eigenvalue weighted by atomic mass is 10.1. The number of hydrogen-bond acceptors (Lipinski definition) is 5. The second-order valence-electron chi connectivity index (χ2n) is 4.24. The Labute approximate surface area is 118 Å². The van der Waals surface area contributed by atoms with Gasteiger partial charge in [0.15, 0.2) is 0 Å². The Kier molecular flexibility index (Phi) is 4.20. The summed E-state index contributed by atoms with van der Waals surface area (Å²) in [7, 11) is 0. The van der Waals surface area contributed by atoms with Crippen LogP contribution in [0.3, 0.4) is 0 Å². The zero-order valence-electron chi connectivity index (χ0n) is 11.6. The maximum atomic E-state index is 11.8. The van der Waals surface area contributed by atoms with Gasteiger partial charge in [-0.1, -0.05) is 24.8 Å². The topological polar surface area (TPSA) is 62.7 Å². The van der Waals surface area contributed by atoms with Crippen LogP contribution in [0, 0.1) is 0 Å². The summed E-state index contributed by atoms with van der Waals surface area (Å²) in [6.45, 7) is 7.68. The third kappa shape index (κ3) is 2.88. The van der Waals surface area contributed by atoms with E-state index in [0.29, 0.717) is 23.7 Å². The number of amidine groups is 1. The van der Waals surface area contributed by atoms with Crippen LogP contribution in [-0.2, 0) is 9.53 Å². The lowest BCUT2D eigenvalue weighted by Gasteiger charge is -2.10. The van der Waals surface area contributed by atoms with E-state index in [1.54, 1.807) is 6.92 Å². The fourth-order valence-corrected chi connectivity index (χ4v) is 1.86. The Morgan fingerprint density at radius 2 is 2.00 bits per heavy atom. The zero-order chi connectivity index (χ0) is 14.5. The zero-order valence-corrected chi connectivity index (χ0v) is 11.6. The summed E-state index contributed by atoms with van der Waals surface area (Å²) in [6, 6.07) is 9.62. The van der Waals surface area contributed by atoms with Gasteiger partial charge in [0, 0.05) is 5.57 Å². The van der Waals surface area contributed by atoms with Gasteiger partial charge >= 0.3 is 5.97 Å². The van der Waals surface area contributed by atoms with Gasteiger partial charge < -0.3 is 4.74 Å². The Morgan fingerprint density at radius 3 is 2.65 bits per heavy atom. The van der Waals surface area contributed by atoms with Gasteiger partial charge in [0.05, 0.1) is 23.6 Å². The predicted molar refractivity (Wildman–Crippen MR) is 79.1 cm³/mol. The molecule has 20 heavy (non-hydrogen) atoms. The van der Waals surface area contributed by atoms with E-state index in [-0.39, 0.29) is 0 Å². The van der Waals surface area contributed by atoms with E-state index in [4.69, 9.17) is 4.74 Å². The Hall–Kier alpha value is -2.56. The summed E-state index contributed by atoms with van der Waals surface area (Å²) in [5, 5.41) is 0. The number of anilines is 1. The van der Waals surface area contributed by atoms with E-state index in [1.807, 2.05) is 37.3 Å². The van der Waals surface area contributed by atoms with Crippen LogP contribution in [0.4, 0.5) is 5.69 Å². The standard InChI is InChI=1S/C15H17N3O2/c1-4-20-15(19)13-10(2)14(16-11(13)3)18-17-12-8-6-5-7-9-12/h5-9,17H,3-4H2,1-2H3,(H,16,18). The molecule has 0 unspecified atom stereocenters. The molecule has 0 radical (unpaired) electrons. The molecule has 5 nitrogen and oxygen atoms in total. The lowest BCUT2D eigenvalue weighted by molar-refractivity contribution is -0.138. The summed E-state index contributed by atoms with van der Waals surface area (Å²) < 4.78 is 5.00. The molecule has 1 aliphatic heterocycles. The maximum absolute atomic E-state index is 11.8. The molecule has 0 bridgehead atoms. The Morgan fingerprint density at radius 1 is 1.30 bits per heavy atom. The highest BCUT2D eigenvalue weighted by Gasteiger charge is 2.25. The van der Waals surface area contributed by atoms with E-state index in [9.17, 15) is 4.79 Å². The molecule has 0 aromatic heterocycles. The molecule has 0 amide bonds. The second-order valence-corrected chi connectivity index (χ2v) is 4.24. The summed E-state index contributed by atoms with van der Waals surface area (Å²) in [5.41, 5.74) is 8.46. The van der Waals surface area contributed by atoms with Gasteiger partial charge in [-0.25, -0.2) is 9.79 Å². The first-order chi connectivity index (χ1) is 9.63. The number of ether oxygens (including phenoxy) is 1. The minimum Gasteiger partial charge on any atom is -0.462 e. The number of nitrogens with zero attached hydrogens (tertiary/aromatic N) is 1. The summed E-state index contributed by atoms with van der Waals surface area (Å²) >= 11 is 0. The number of benzene rings is 1. The van der Waals surface area contributed by atoms with Crippen molar-refractivity contribution in [3.8, 4) is 0 Å². The fourth-order valence-electron chi connectivity index (χ4n) is 1.86. The molecule has 1 aliphatic rings. The number of rotatable bonds is 4. The van der Waals surface area contributed by atoms with Crippen molar-refractivity contribution in [1.82, 2.24) is 5.43 Å². The van der Waals surface area contributed by atoms with Gasteiger partial charge in [-0.05, 0) is 26.0 Å². The van der Waals surface area contributed by atoms with Crippen LogP contribution in [0.15, 0.2) is 58.7 Å². The van der Waals surface area contributed by atoms with Gasteiger partial charge in [0.25, 0.3) is 0 Å². The van der Waals surface area contributed by atoms with Gasteiger partial charge in [0.1, 0.15) is 5.84 Å². The van der Waals surface area contributed by atoms with E-state index < -0.39 is 5.97 Å². The minimum atomic E-state index is -0.393. The van der Waals surface area contributed by atoms with E-state index >= 15 is 0 Å². The maximum Gasteiger partial charge on any atom is 0.340 e. The molecular formula is C15H17N3O2. The summed E-state index contributed by atoms with van der Waals surface area (Å²) in [4.78, 5) is 16.1. The smallest absolute Gasteiger partial charge is 0.340 e. The number of esters is 1. The Bertz CT molecular complexity index is 588. The molecule has 0 saturated carbocycles. The van der Waals surface area contributed by atoms with Crippen molar-refractivity contribution < 1.29 is 9.53 Å². The highest BCUT2D eigenvalue weighted by molar-refractivity contribution is 6.11. The molecule has 1 heterocycles. The molecule has 2 N–H and O–H groups in total. The number of para-hydroxylation sites is 1. The fraction of sp³-hybridized carbons (Fsp3) is 0.200. The van der Waals surface area contributed by atoms with Crippen LogP contribution in [0.25, 0.3) is 0 Å². The third-order valence-electron chi connectivity index (χ3n) is 2.84. The first kappa shape index (κ1) is 13.9. The lowest BCUT2D eigenvalue weighted by Crippen LogP contribution is -2.29. The molecule has 0 atom stereocenters. The monoisotopic (exact) mass is 271 g/mol. The number of hydrazine groups is 1. The number of nitrogens with one attached hydrogen (secondary N) is 2. The largest absolute Gasteiger partial charge is 0.462 e. The van der Waals surface area contributed by atoms with Crippen molar-refractivity contribution in [2.24, 2.45) is 4.99 Å². The van der Waals surface area contributed by atoms with Crippen molar-refractivity contribution in [3.63, 3.8) is 0 Å². The molecule has 0 saturated heterocycles. The number of carbonyl (C=O) groups is 1. The molecule has 2 rings (SSSR count). The van der Waals surface area contributed by atoms with Crippen molar-refractivity contribution in [3.05, 3.63) is 53.8 Å². The first-order valence-corrected chi connectivity index (χ1v) is 6.37. The predicted octanol–water partition coefficient (Wildman–Crippen LogP) is 2.41. The van der Waals surface area contributed by atoms with E-state index in [2.05, 4.69) is 22.4 Å². The number of carbonyl (C=O) groups excluding carboxylic acids is 1. The van der Waals surface area contributed by atoms with Crippen LogP contribution < -0.4 is 10.9 Å². The average molecular weight is 271 g/mol. The minimum absolute atomic E-state index is 0.327. The van der Waals surface area contributed by atoms with Crippen molar-refractivity contribution in [2.45, 2.75) is 13.8 Å². The van der Waals surface area contributed by atoms with Crippen molar-refractivity contribution >= 4 is 17.5 Å². The van der Waals surface area contributed by atoms with Crippen LogP contribution in [0.1, 0.15) is 13.8 Å². The molecule has 104 valence electrons. The van der Waals surface area contributed by atoms with Crippen LogP contribution in [0.5, 0.6) is 0 Å². The van der Waals surface area contributed by atoms with Crippen LogP contribution in [-0.4, -0.2) is 18.4 Å². The molecule has 0 spiro atoms. The van der Waals surface area contributed by atoms with Gasteiger partial charge in [-0.15, -0.1) is 0 Å². The van der Waals surface area contributed by atoms with Gasteiger partial charge in [-0.2, -0.15) is 0 Å². The average Bonchev–Trinajstić information content (AvgIpc) is 2.72. The SMILES string of the molecule is C=C1N=C(NNc2ccccc2)C(C)=C1C(=O)OCC. The third-order valence-corrected chi connectivity index (χ3v) is 2.84. The highest BCUT2D eigenvalue weighted by Crippen LogP contribution is 2.24. The highest BCUT2D eigenvalue weighted by atomic mass is 16.5. The quantitative estimate of drug-likeness (QED) is 0.652. The molecular weight excluding hydrogens is 254 g/mol. The number of aliphatic imine (C=N–C) groups is 1. The van der Waals surface area contributed by atoms with E-state index in [0.717, 1.165) is 11.3 Å². The molecule has 1 aromatic rings. The number of hydrogen-bond donors (Lipinski definition) is 2. The normalized spacial score (nSPS) is 14.1. The Balaban J connectivity index is 2.08. The summed E-state index contributed by atoms with van der Waals surface area (Å²) in [6.07, 6.45) is 0. The van der Waals surface area contributed by atoms with Crippen molar-refractivity contribution in [1.29, 1.82) is 0 Å². The van der Waals surface area contributed by atoms with Crippen molar-refractivity contribution in [2.75, 3.05) is 12.0 Å². The first-order valence-electron chi connectivity index (χ1n) is 6.37.